The Kier molecular flexibility index (Phi) is 4.04. The van der Waals surface area contributed by atoms with Gasteiger partial charge in [0, 0.05) is 7.05 Å². The van der Waals surface area contributed by atoms with Crippen molar-refractivity contribution in [3.8, 4) is 11.6 Å². The fourth-order valence-corrected chi connectivity index (χ4v) is 1.81. The summed E-state index contributed by atoms with van der Waals surface area (Å²) in [6.45, 7) is 2.01. The second-order valence-electron chi connectivity index (χ2n) is 3.69. The summed E-state index contributed by atoms with van der Waals surface area (Å²) < 4.78 is 5.85. The third-order valence-corrected chi connectivity index (χ3v) is 3.05. The number of nitrogens with zero attached hydrogens (tertiary/aromatic N) is 2. The van der Waals surface area contributed by atoms with E-state index in [1.165, 1.54) is 11.8 Å². The number of ether oxygens (including phenoxy) is 1. The van der Waals surface area contributed by atoms with Gasteiger partial charge in [-0.05, 0) is 24.8 Å². The van der Waals surface area contributed by atoms with Crippen LogP contribution in [0.4, 0.5) is 5.69 Å². The van der Waals surface area contributed by atoms with Crippen LogP contribution >= 0.6 is 11.8 Å². The summed E-state index contributed by atoms with van der Waals surface area (Å²) in [5.74, 6) is 1.35. The Morgan fingerprint density at radius 1 is 1.28 bits per heavy atom. The van der Waals surface area contributed by atoms with Crippen LogP contribution in [0.1, 0.15) is 5.56 Å². The molecule has 0 bridgehead atoms. The van der Waals surface area contributed by atoms with Crippen LogP contribution in [0.2, 0.25) is 0 Å². The van der Waals surface area contributed by atoms with E-state index in [1.54, 1.807) is 6.20 Å². The lowest BCUT2D eigenvalue weighted by Crippen LogP contribution is -1.99. The van der Waals surface area contributed by atoms with E-state index in [1.807, 2.05) is 44.5 Å². The average Bonchev–Trinajstić information content (AvgIpc) is 2.41. The van der Waals surface area contributed by atoms with Crippen LogP contribution in [0, 0.1) is 6.92 Å². The zero-order chi connectivity index (χ0) is 13.0. The highest BCUT2D eigenvalue weighted by molar-refractivity contribution is 7.98. The van der Waals surface area contributed by atoms with Crippen LogP contribution in [-0.2, 0) is 0 Å². The zero-order valence-corrected chi connectivity index (χ0v) is 11.4. The number of benzene rings is 1. The zero-order valence-electron chi connectivity index (χ0n) is 10.6. The van der Waals surface area contributed by atoms with E-state index < -0.39 is 0 Å². The lowest BCUT2D eigenvalue weighted by atomic mass is 10.2. The molecule has 0 aliphatic rings. The normalized spacial score (nSPS) is 10.2. The average molecular weight is 261 g/mol. The molecule has 0 aliphatic carbocycles. The summed E-state index contributed by atoms with van der Waals surface area (Å²) in [5.41, 5.74) is 1.85. The second-order valence-corrected chi connectivity index (χ2v) is 4.47. The molecular weight excluding hydrogens is 246 g/mol. The van der Waals surface area contributed by atoms with Crippen LogP contribution in [-0.4, -0.2) is 23.3 Å². The van der Waals surface area contributed by atoms with Crippen LogP contribution < -0.4 is 10.1 Å². The van der Waals surface area contributed by atoms with Crippen molar-refractivity contribution in [2.75, 3.05) is 18.6 Å². The molecule has 0 atom stereocenters. The van der Waals surface area contributed by atoms with Gasteiger partial charge in [-0.25, -0.2) is 4.98 Å². The number of aromatic nitrogens is 2. The molecule has 94 valence electrons. The van der Waals surface area contributed by atoms with E-state index in [0.717, 1.165) is 17.0 Å². The van der Waals surface area contributed by atoms with Crippen molar-refractivity contribution in [1.82, 2.24) is 9.97 Å². The Labute approximate surface area is 111 Å². The molecule has 0 saturated heterocycles. The smallest absolute Gasteiger partial charge is 0.247 e. The monoisotopic (exact) mass is 261 g/mol. The van der Waals surface area contributed by atoms with Crippen molar-refractivity contribution in [3.63, 3.8) is 0 Å². The fraction of sp³-hybridized carbons (Fsp3) is 0.231. The number of rotatable bonds is 4. The maximum Gasteiger partial charge on any atom is 0.247 e. The molecule has 4 nitrogen and oxygen atoms in total. The van der Waals surface area contributed by atoms with Gasteiger partial charge in [-0.1, -0.05) is 30.0 Å². The van der Waals surface area contributed by atoms with Gasteiger partial charge in [0.05, 0.1) is 6.20 Å². The highest BCUT2D eigenvalue weighted by atomic mass is 32.2. The Bertz CT molecular complexity index is 546. The molecule has 0 spiro atoms. The molecule has 1 heterocycles. The maximum atomic E-state index is 5.85. The molecule has 1 aromatic heterocycles. The molecule has 0 radical (unpaired) electrons. The first-order valence-electron chi connectivity index (χ1n) is 5.57. The van der Waals surface area contributed by atoms with Gasteiger partial charge in [-0.3, -0.25) is 0 Å². The van der Waals surface area contributed by atoms with Gasteiger partial charge < -0.3 is 10.1 Å². The van der Waals surface area contributed by atoms with Gasteiger partial charge in [0.25, 0.3) is 0 Å². The van der Waals surface area contributed by atoms with Crippen LogP contribution in [0.25, 0.3) is 0 Å². The molecule has 0 amide bonds. The first-order chi connectivity index (χ1) is 8.74. The largest absolute Gasteiger partial charge is 0.437 e. The summed E-state index contributed by atoms with van der Waals surface area (Å²) in [7, 11) is 1.82. The molecule has 2 aromatic rings. The van der Waals surface area contributed by atoms with Crippen LogP contribution in [0.15, 0.2) is 35.6 Å². The molecule has 0 unspecified atom stereocenters. The third-order valence-electron chi connectivity index (χ3n) is 2.48. The van der Waals surface area contributed by atoms with Gasteiger partial charge in [-0.2, -0.15) is 4.98 Å². The Morgan fingerprint density at radius 2 is 2.06 bits per heavy atom. The minimum atomic E-state index is 0.547. The lowest BCUT2D eigenvalue weighted by Gasteiger charge is -2.11. The molecule has 1 aromatic carbocycles. The van der Waals surface area contributed by atoms with Crippen molar-refractivity contribution in [1.29, 1.82) is 0 Å². The van der Waals surface area contributed by atoms with Gasteiger partial charge in [0.15, 0.2) is 5.16 Å². The minimum absolute atomic E-state index is 0.547. The predicted octanol–water partition coefficient (Wildman–Crippen LogP) is 3.34. The molecule has 2 rings (SSSR count). The first-order valence-corrected chi connectivity index (χ1v) is 6.79. The second kappa shape index (κ2) is 5.73. The number of thioether (sulfide) groups is 1. The maximum absolute atomic E-state index is 5.85. The topological polar surface area (TPSA) is 47.0 Å². The lowest BCUT2D eigenvalue weighted by molar-refractivity contribution is 0.454. The van der Waals surface area contributed by atoms with Gasteiger partial charge >= 0.3 is 0 Å². The number of para-hydroxylation sites is 1. The summed E-state index contributed by atoms with van der Waals surface area (Å²) >= 11 is 1.49. The van der Waals surface area contributed by atoms with E-state index in [4.69, 9.17) is 4.74 Å². The van der Waals surface area contributed by atoms with Gasteiger partial charge in [-0.15, -0.1) is 0 Å². The number of anilines is 1. The molecule has 0 saturated carbocycles. The SMILES string of the molecule is CNc1cnc(SC)nc1Oc1ccccc1C. The van der Waals surface area contributed by atoms with E-state index in [0.29, 0.717) is 11.0 Å². The fourth-order valence-electron chi connectivity index (χ4n) is 1.47. The van der Waals surface area contributed by atoms with Crippen molar-refractivity contribution >= 4 is 17.4 Å². The molecule has 0 aliphatic heterocycles. The molecule has 0 fully saturated rings. The summed E-state index contributed by atoms with van der Waals surface area (Å²) in [6.07, 6.45) is 3.67. The first kappa shape index (κ1) is 12.7. The minimum Gasteiger partial charge on any atom is -0.437 e. The van der Waals surface area contributed by atoms with Crippen molar-refractivity contribution in [2.24, 2.45) is 0 Å². The van der Waals surface area contributed by atoms with E-state index in [9.17, 15) is 0 Å². The van der Waals surface area contributed by atoms with Crippen molar-refractivity contribution in [2.45, 2.75) is 12.1 Å². The van der Waals surface area contributed by atoms with E-state index in [-0.39, 0.29) is 0 Å². The van der Waals surface area contributed by atoms with E-state index in [2.05, 4.69) is 15.3 Å². The molecular formula is C13H15N3OS. The predicted molar refractivity (Wildman–Crippen MR) is 74.6 cm³/mol. The quantitative estimate of drug-likeness (QED) is 0.675. The summed E-state index contributed by atoms with van der Waals surface area (Å²) in [5, 5.41) is 3.72. The summed E-state index contributed by atoms with van der Waals surface area (Å²) in [6, 6.07) is 7.85. The highest BCUT2D eigenvalue weighted by Crippen LogP contribution is 2.29. The van der Waals surface area contributed by atoms with E-state index >= 15 is 0 Å². The standard InChI is InChI=1S/C13H15N3OS/c1-9-6-4-5-7-11(9)17-12-10(14-2)8-15-13(16-12)18-3/h4-8,14H,1-3H3. The van der Waals surface area contributed by atoms with Crippen molar-refractivity contribution in [3.05, 3.63) is 36.0 Å². The van der Waals surface area contributed by atoms with Crippen LogP contribution in [0.5, 0.6) is 11.6 Å². The molecule has 1 N–H and O–H groups in total. The number of hydrogen-bond acceptors (Lipinski definition) is 5. The van der Waals surface area contributed by atoms with Crippen LogP contribution in [0.3, 0.4) is 0 Å². The van der Waals surface area contributed by atoms with Gasteiger partial charge in [0.1, 0.15) is 11.4 Å². The Hall–Kier alpha value is -1.75. The molecule has 5 heteroatoms. The Balaban J connectivity index is 2.35. The summed E-state index contributed by atoms with van der Waals surface area (Å²) in [4.78, 5) is 8.57. The van der Waals surface area contributed by atoms with Gasteiger partial charge in [0.2, 0.25) is 5.88 Å². The number of aryl methyl sites for hydroxylation is 1. The third kappa shape index (κ3) is 2.73. The molecule has 18 heavy (non-hydrogen) atoms. The van der Waals surface area contributed by atoms with Crippen molar-refractivity contribution < 1.29 is 4.74 Å². The highest BCUT2D eigenvalue weighted by Gasteiger charge is 2.09. The Morgan fingerprint density at radius 3 is 2.72 bits per heavy atom. The number of hydrogen-bond donors (Lipinski definition) is 1. The number of nitrogens with one attached hydrogen (secondary N) is 1.